The fourth-order valence-electron chi connectivity index (χ4n) is 3.55. The summed E-state index contributed by atoms with van der Waals surface area (Å²) in [5.74, 6) is 0.703. The normalized spacial score (nSPS) is 17.1. The highest BCUT2D eigenvalue weighted by atomic mass is 16.5. The molecule has 0 aliphatic heterocycles. The van der Waals surface area contributed by atoms with Crippen molar-refractivity contribution >= 4 is 5.97 Å². The van der Waals surface area contributed by atoms with Gasteiger partial charge >= 0.3 is 5.97 Å². The molecule has 1 N–H and O–H groups in total. The molecule has 1 rings (SSSR count). The van der Waals surface area contributed by atoms with E-state index in [0.29, 0.717) is 18.9 Å². The Hall–Kier alpha value is -2.07. The number of ether oxygens (including phenoxy) is 2. The van der Waals surface area contributed by atoms with Gasteiger partial charge in [-0.1, -0.05) is 50.1 Å². The molecular weight excluding hydrogens is 376 g/mol. The number of carbonyl (C=O) groups is 1. The highest BCUT2D eigenvalue weighted by molar-refractivity contribution is 5.66. The topological polar surface area (TPSA) is 55.8 Å². The molecule has 168 valence electrons. The smallest absolute Gasteiger partial charge is 0.303 e. The lowest BCUT2D eigenvalue weighted by molar-refractivity contribution is -0.137. The highest BCUT2D eigenvalue weighted by Gasteiger charge is 2.15. The lowest BCUT2D eigenvalue weighted by Crippen LogP contribution is -2.16. The van der Waals surface area contributed by atoms with Crippen molar-refractivity contribution in [2.45, 2.75) is 77.2 Å². The van der Waals surface area contributed by atoms with Crippen molar-refractivity contribution < 1.29 is 19.4 Å². The summed E-state index contributed by atoms with van der Waals surface area (Å²) in [5, 5.41) is 9.00. The summed E-state index contributed by atoms with van der Waals surface area (Å²) in [4.78, 5) is 10.9. The van der Waals surface area contributed by atoms with Crippen LogP contribution in [0.25, 0.3) is 0 Å². The van der Waals surface area contributed by atoms with E-state index < -0.39 is 5.97 Å². The predicted molar refractivity (Wildman–Crippen MR) is 124 cm³/mol. The second-order valence-electron chi connectivity index (χ2n) is 7.87. The van der Waals surface area contributed by atoms with Gasteiger partial charge in [-0.3, -0.25) is 4.79 Å². The molecule has 0 aromatic heterocycles. The van der Waals surface area contributed by atoms with Crippen LogP contribution in [0, 0.1) is 5.92 Å². The maximum atomic E-state index is 10.9. The molecule has 4 nitrogen and oxygen atoms in total. The van der Waals surface area contributed by atoms with Crippen LogP contribution in [0.4, 0.5) is 0 Å². The zero-order valence-corrected chi connectivity index (χ0v) is 18.7. The number of hydrogen-bond acceptors (Lipinski definition) is 3. The summed E-state index contributed by atoms with van der Waals surface area (Å²) >= 11 is 0. The molecule has 1 atom stereocenters. The van der Waals surface area contributed by atoms with Gasteiger partial charge in [0.25, 0.3) is 0 Å². The van der Waals surface area contributed by atoms with Gasteiger partial charge in [-0.2, -0.15) is 0 Å². The molecule has 1 saturated carbocycles. The van der Waals surface area contributed by atoms with Crippen molar-refractivity contribution in [2.24, 2.45) is 5.92 Å². The molecule has 0 amide bonds. The van der Waals surface area contributed by atoms with Crippen molar-refractivity contribution in [3.8, 4) is 0 Å². The number of aliphatic carboxylic acids is 1. The summed E-state index contributed by atoms with van der Waals surface area (Å²) in [6.07, 6.45) is 21.0. The Kier molecular flexibility index (Phi) is 14.5. The van der Waals surface area contributed by atoms with E-state index in [0.717, 1.165) is 37.2 Å². The first-order valence-electron chi connectivity index (χ1n) is 11.3. The van der Waals surface area contributed by atoms with Crippen LogP contribution < -0.4 is 0 Å². The Balaban J connectivity index is 2.69. The Bertz CT molecular complexity index is 594. The summed E-state index contributed by atoms with van der Waals surface area (Å²) in [6, 6.07) is 0. The van der Waals surface area contributed by atoms with Crippen molar-refractivity contribution in [2.75, 3.05) is 13.2 Å². The van der Waals surface area contributed by atoms with Crippen molar-refractivity contribution in [1.82, 2.24) is 0 Å². The van der Waals surface area contributed by atoms with Crippen LogP contribution >= 0.6 is 0 Å². The molecule has 1 aliphatic carbocycles. The standard InChI is InChI=1S/C26H40O4/c1-4-7-14-25(30-21-23-12-10-9-11-13-23)20-22(6-3)15-16-24(17-18-26(27)28)29-19-8-5-2/h4-7,14,20,23-24H,2-3,8-13,15-19,21H2,1H3,(H,27,28)/b7-4+,22-20+,25-14+/t24-/m1/s1. The molecule has 0 bridgehead atoms. The molecule has 1 fully saturated rings. The zero-order chi connectivity index (χ0) is 22.0. The third-order valence-electron chi connectivity index (χ3n) is 5.36. The molecule has 0 heterocycles. The van der Waals surface area contributed by atoms with Gasteiger partial charge in [-0.15, -0.1) is 6.58 Å². The number of hydrogen-bond donors (Lipinski definition) is 1. The largest absolute Gasteiger partial charge is 0.493 e. The predicted octanol–water partition coefficient (Wildman–Crippen LogP) is 6.76. The van der Waals surface area contributed by atoms with Crippen molar-refractivity contribution in [1.29, 1.82) is 0 Å². The summed E-state index contributed by atoms with van der Waals surface area (Å²) < 4.78 is 12.0. The lowest BCUT2D eigenvalue weighted by Gasteiger charge is -2.22. The van der Waals surface area contributed by atoms with E-state index >= 15 is 0 Å². The van der Waals surface area contributed by atoms with Gasteiger partial charge in [-0.05, 0) is 69.1 Å². The van der Waals surface area contributed by atoms with Crippen LogP contribution in [0.5, 0.6) is 0 Å². The van der Waals surface area contributed by atoms with Gasteiger partial charge in [0.15, 0.2) is 0 Å². The number of rotatable bonds is 16. The fraction of sp³-hybridized carbons (Fsp3) is 0.577. The Morgan fingerprint density at radius 3 is 2.53 bits per heavy atom. The van der Waals surface area contributed by atoms with Gasteiger partial charge in [0.2, 0.25) is 0 Å². The summed E-state index contributed by atoms with van der Waals surface area (Å²) in [7, 11) is 0. The molecule has 1 aliphatic rings. The van der Waals surface area contributed by atoms with E-state index in [1.807, 2.05) is 43.4 Å². The van der Waals surface area contributed by atoms with Crippen LogP contribution in [-0.2, 0) is 14.3 Å². The Labute approximate surface area is 183 Å². The maximum Gasteiger partial charge on any atom is 0.303 e. The van der Waals surface area contributed by atoms with Crippen LogP contribution in [0.3, 0.4) is 0 Å². The van der Waals surface area contributed by atoms with E-state index in [1.54, 1.807) is 0 Å². The van der Waals surface area contributed by atoms with E-state index in [2.05, 4.69) is 13.2 Å². The van der Waals surface area contributed by atoms with Gasteiger partial charge in [0.05, 0.1) is 19.3 Å². The molecule has 0 aromatic rings. The second-order valence-corrected chi connectivity index (χ2v) is 7.87. The first-order valence-corrected chi connectivity index (χ1v) is 11.3. The number of carboxylic acid groups (broad SMARTS) is 1. The van der Waals surface area contributed by atoms with Crippen LogP contribution in [0.2, 0.25) is 0 Å². The average Bonchev–Trinajstić information content (AvgIpc) is 2.76. The van der Waals surface area contributed by atoms with Gasteiger partial charge < -0.3 is 14.6 Å². The third kappa shape index (κ3) is 12.5. The molecule has 0 spiro atoms. The minimum Gasteiger partial charge on any atom is -0.493 e. The van der Waals surface area contributed by atoms with E-state index in [9.17, 15) is 4.79 Å². The molecule has 0 unspecified atom stereocenters. The number of carboxylic acids is 1. The quantitative estimate of drug-likeness (QED) is 0.131. The zero-order valence-electron chi connectivity index (χ0n) is 18.7. The fourth-order valence-corrected chi connectivity index (χ4v) is 3.55. The first-order chi connectivity index (χ1) is 14.6. The van der Waals surface area contributed by atoms with E-state index in [-0.39, 0.29) is 12.5 Å². The third-order valence-corrected chi connectivity index (χ3v) is 5.36. The van der Waals surface area contributed by atoms with Crippen LogP contribution in [0.15, 0.2) is 60.9 Å². The molecule has 30 heavy (non-hydrogen) atoms. The molecular formula is C26H40O4. The first kappa shape index (κ1) is 26.0. The minimum absolute atomic E-state index is 0.0875. The minimum atomic E-state index is -0.792. The maximum absolute atomic E-state index is 10.9. The van der Waals surface area contributed by atoms with Gasteiger partial charge in [0.1, 0.15) is 5.76 Å². The van der Waals surface area contributed by atoms with Gasteiger partial charge in [0, 0.05) is 6.42 Å². The lowest BCUT2D eigenvalue weighted by atomic mass is 9.90. The molecule has 0 saturated heterocycles. The van der Waals surface area contributed by atoms with Crippen LogP contribution in [-0.4, -0.2) is 30.4 Å². The van der Waals surface area contributed by atoms with E-state index in [1.165, 1.54) is 32.1 Å². The second kappa shape index (κ2) is 16.7. The van der Waals surface area contributed by atoms with Crippen molar-refractivity contribution in [3.05, 3.63) is 60.9 Å². The van der Waals surface area contributed by atoms with Crippen molar-refractivity contribution in [3.63, 3.8) is 0 Å². The summed E-state index contributed by atoms with van der Waals surface area (Å²) in [5.41, 5.74) is 1.07. The molecule has 0 radical (unpaired) electrons. The number of allylic oxidation sites excluding steroid dienone is 6. The van der Waals surface area contributed by atoms with Gasteiger partial charge in [-0.25, -0.2) is 0 Å². The average molecular weight is 417 g/mol. The highest BCUT2D eigenvalue weighted by Crippen LogP contribution is 2.25. The molecule has 0 aromatic carbocycles. The Morgan fingerprint density at radius 1 is 1.17 bits per heavy atom. The Morgan fingerprint density at radius 2 is 1.90 bits per heavy atom. The SMILES string of the molecule is C=CCCO[C@@H](CCC(=O)O)CC/C(C=C)=C/C(=C\C=C\C)OCC1CCCCC1. The monoisotopic (exact) mass is 416 g/mol. The summed E-state index contributed by atoms with van der Waals surface area (Å²) in [6.45, 7) is 11.0. The van der Waals surface area contributed by atoms with E-state index in [4.69, 9.17) is 14.6 Å². The van der Waals surface area contributed by atoms with Crippen LogP contribution in [0.1, 0.15) is 71.1 Å². The molecule has 4 heteroatoms.